The summed E-state index contributed by atoms with van der Waals surface area (Å²) < 4.78 is 11.5. The Morgan fingerprint density at radius 3 is 2.57 bits per heavy atom. The summed E-state index contributed by atoms with van der Waals surface area (Å²) in [6.07, 6.45) is 1.62. The van der Waals surface area contributed by atoms with E-state index < -0.39 is 47.2 Å². The standard InChI is InChI=1S/C33H34N2O9/c1-20(14-25-11-12-26(17-36)44-25)10-13-29(38)30-21(19-43-24-8-3-2-4-9-24)15-27-31(28(30)18-37)33(40)34(32(27)39)22-6-5-7-23(16-22)35(41)42/h2-9,11-12,14,16,27-29,31,36-38H,10,13,15,17-19H2,1H3/b20-14+/t27-,28+,29-,31-/m1/s1. The number of para-hydroxylation sites is 1. The van der Waals surface area contributed by atoms with Gasteiger partial charge in [-0.15, -0.1) is 0 Å². The zero-order valence-electron chi connectivity index (χ0n) is 24.2. The third kappa shape index (κ3) is 6.35. The molecule has 1 aromatic heterocycles. The second kappa shape index (κ2) is 13.4. The van der Waals surface area contributed by atoms with Crippen molar-refractivity contribution in [1.82, 2.24) is 0 Å². The lowest BCUT2D eigenvalue weighted by Gasteiger charge is -2.36. The van der Waals surface area contributed by atoms with Crippen LogP contribution in [0.2, 0.25) is 0 Å². The third-order valence-electron chi connectivity index (χ3n) is 8.23. The molecule has 5 rings (SSSR count). The van der Waals surface area contributed by atoms with Crippen LogP contribution < -0.4 is 9.64 Å². The summed E-state index contributed by atoms with van der Waals surface area (Å²) in [6, 6.07) is 17.8. The van der Waals surface area contributed by atoms with Gasteiger partial charge in [-0.2, -0.15) is 0 Å². The molecular weight excluding hydrogens is 568 g/mol. The summed E-state index contributed by atoms with van der Waals surface area (Å²) in [5, 5.41) is 42.8. The van der Waals surface area contributed by atoms with Gasteiger partial charge in [0.15, 0.2) is 0 Å². The Morgan fingerprint density at radius 2 is 1.89 bits per heavy atom. The van der Waals surface area contributed by atoms with Crippen molar-refractivity contribution < 1.29 is 39.0 Å². The summed E-state index contributed by atoms with van der Waals surface area (Å²) in [4.78, 5) is 39.2. The van der Waals surface area contributed by atoms with Gasteiger partial charge < -0.3 is 24.5 Å². The number of nitro benzene ring substituents is 1. The predicted molar refractivity (Wildman–Crippen MR) is 160 cm³/mol. The van der Waals surface area contributed by atoms with Crippen LogP contribution in [0.5, 0.6) is 5.75 Å². The molecule has 1 saturated heterocycles. The smallest absolute Gasteiger partial charge is 0.271 e. The van der Waals surface area contributed by atoms with Crippen LogP contribution in [-0.2, 0) is 16.2 Å². The fourth-order valence-corrected chi connectivity index (χ4v) is 6.17. The van der Waals surface area contributed by atoms with E-state index in [1.807, 2.05) is 31.2 Å². The molecule has 3 N–H and O–H groups in total. The number of aliphatic hydroxyl groups excluding tert-OH is 3. The van der Waals surface area contributed by atoms with Crippen molar-refractivity contribution in [2.24, 2.45) is 17.8 Å². The molecule has 1 aliphatic carbocycles. The molecule has 0 spiro atoms. The topological polar surface area (TPSA) is 164 Å². The summed E-state index contributed by atoms with van der Waals surface area (Å²) in [6.45, 7) is 1.23. The van der Waals surface area contributed by atoms with E-state index in [4.69, 9.17) is 9.15 Å². The Bertz CT molecular complexity index is 1590. The van der Waals surface area contributed by atoms with Gasteiger partial charge in [-0.1, -0.05) is 29.8 Å². The number of furan rings is 1. The van der Waals surface area contributed by atoms with E-state index in [1.54, 1.807) is 24.3 Å². The number of ether oxygens (including phenoxy) is 1. The number of fused-ring (bicyclic) bond motifs is 1. The zero-order valence-corrected chi connectivity index (χ0v) is 24.2. The van der Waals surface area contributed by atoms with Crippen molar-refractivity contribution in [3.8, 4) is 5.75 Å². The number of nitrogens with zero attached hydrogens (tertiary/aromatic N) is 2. The third-order valence-corrected chi connectivity index (χ3v) is 8.23. The van der Waals surface area contributed by atoms with Gasteiger partial charge in [0, 0.05) is 18.1 Å². The zero-order chi connectivity index (χ0) is 31.4. The van der Waals surface area contributed by atoms with E-state index in [-0.39, 0.29) is 37.4 Å². The minimum atomic E-state index is -1.05. The first-order valence-corrected chi connectivity index (χ1v) is 14.4. The van der Waals surface area contributed by atoms with Gasteiger partial charge in [0.2, 0.25) is 11.8 Å². The molecule has 2 heterocycles. The number of carbonyl (C=O) groups is 2. The van der Waals surface area contributed by atoms with Crippen LogP contribution in [0.3, 0.4) is 0 Å². The lowest BCUT2D eigenvalue weighted by atomic mass is 9.68. The molecule has 0 saturated carbocycles. The maximum absolute atomic E-state index is 13.8. The molecule has 0 unspecified atom stereocenters. The van der Waals surface area contributed by atoms with E-state index in [9.17, 15) is 35.0 Å². The lowest BCUT2D eigenvalue weighted by Crippen LogP contribution is -2.40. The molecule has 230 valence electrons. The van der Waals surface area contributed by atoms with Crippen molar-refractivity contribution in [1.29, 1.82) is 0 Å². The Hall–Kier alpha value is -4.58. The minimum Gasteiger partial charge on any atom is -0.489 e. The largest absolute Gasteiger partial charge is 0.489 e. The molecule has 3 aromatic rings. The fourth-order valence-electron chi connectivity index (χ4n) is 6.17. The summed E-state index contributed by atoms with van der Waals surface area (Å²) in [5.74, 6) is -2.12. The summed E-state index contributed by atoms with van der Waals surface area (Å²) >= 11 is 0. The average Bonchev–Trinajstić information content (AvgIpc) is 3.59. The monoisotopic (exact) mass is 602 g/mol. The van der Waals surface area contributed by atoms with Crippen LogP contribution in [0.4, 0.5) is 11.4 Å². The highest BCUT2D eigenvalue weighted by molar-refractivity contribution is 6.22. The van der Waals surface area contributed by atoms with Crippen LogP contribution in [0.25, 0.3) is 6.08 Å². The number of amides is 2. The number of benzene rings is 2. The molecule has 11 heteroatoms. The Balaban J connectivity index is 1.44. The Labute approximate surface area is 253 Å². The molecule has 2 amide bonds. The van der Waals surface area contributed by atoms with Crippen molar-refractivity contribution >= 4 is 29.3 Å². The molecule has 0 bridgehead atoms. The van der Waals surface area contributed by atoms with E-state index in [0.29, 0.717) is 34.8 Å². The maximum Gasteiger partial charge on any atom is 0.271 e. The number of anilines is 1. The lowest BCUT2D eigenvalue weighted by molar-refractivity contribution is -0.384. The molecule has 2 aliphatic rings. The van der Waals surface area contributed by atoms with Crippen LogP contribution in [0.1, 0.15) is 37.7 Å². The Kier molecular flexibility index (Phi) is 9.38. The highest BCUT2D eigenvalue weighted by Gasteiger charge is 2.55. The normalized spacial score (nSPS) is 21.0. The van der Waals surface area contributed by atoms with Crippen LogP contribution >= 0.6 is 0 Å². The van der Waals surface area contributed by atoms with Gasteiger partial charge in [0.1, 0.15) is 30.5 Å². The number of aliphatic hydroxyl groups is 3. The second-order valence-electron chi connectivity index (χ2n) is 11.1. The maximum atomic E-state index is 13.8. The van der Waals surface area contributed by atoms with E-state index in [2.05, 4.69) is 0 Å². The first-order chi connectivity index (χ1) is 21.2. The second-order valence-corrected chi connectivity index (χ2v) is 11.1. The van der Waals surface area contributed by atoms with Gasteiger partial charge >= 0.3 is 0 Å². The van der Waals surface area contributed by atoms with E-state index in [1.165, 1.54) is 24.3 Å². The van der Waals surface area contributed by atoms with Gasteiger partial charge in [-0.25, -0.2) is 4.90 Å². The molecule has 44 heavy (non-hydrogen) atoms. The van der Waals surface area contributed by atoms with Crippen molar-refractivity contribution in [2.45, 2.75) is 38.9 Å². The highest BCUT2D eigenvalue weighted by atomic mass is 16.6. The van der Waals surface area contributed by atoms with Gasteiger partial charge in [0.25, 0.3) is 5.69 Å². The molecule has 1 aliphatic heterocycles. The fraction of sp³-hybridized carbons (Fsp3) is 0.333. The summed E-state index contributed by atoms with van der Waals surface area (Å²) in [5.41, 5.74) is 1.84. The number of hydrogen-bond acceptors (Lipinski definition) is 9. The number of carbonyl (C=O) groups excluding carboxylic acids is 2. The number of allylic oxidation sites excluding steroid dienone is 1. The van der Waals surface area contributed by atoms with Crippen LogP contribution in [0.15, 0.2) is 87.9 Å². The average molecular weight is 603 g/mol. The van der Waals surface area contributed by atoms with Gasteiger partial charge in [-0.05, 0) is 73.7 Å². The number of non-ortho nitro benzene ring substituents is 1. The minimum absolute atomic E-state index is 0.0412. The molecular formula is C33H34N2O9. The quantitative estimate of drug-likeness (QED) is 0.118. The number of hydrogen-bond donors (Lipinski definition) is 3. The van der Waals surface area contributed by atoms with Crippen molar-refractivity contribution in [3.63, 3.8) is 0 Å². The number of nitro groups is 1. The number of imide groups is 1. The van der Waals surface area contributed by atoms with Crippen LogP contribution in [-0.4, -0.2) is 51.4 Å². The molecule has 0 radical (unpaired) electrons. The first-order valence-electron chi connectivity index (χ1n) is 14.4. The molecule has 1 fully saturated rings. The number of rotatable bonds is 12. The summed E-state index contributed by atoms with van der Waals surface area (Å²) in [7, 11) is 0. The Morgan fingerprint density at radius 1 is 1.11 bits per heavy atom. The molecule has 2 aromatic carbocycles. The first kappa shape index (κ1) is 30.9. The van der Waals surface area contributed by atoms with Crippen molar-refractivity contribution in [2.75, 3.05) is 18.1 Å². The highest BCUT2D eigenvalue weighted by Crippen LogP contribution is 2.47. The molecule has 11 nitrogen and oxygen atoms in total. The van der Waals surface area contributed by atoms with Crippen molar-refractivity contribution in [3.05, 3.63) is 105 Å². The SMILES string of the molecule is C/C(=C\c1ccc(CO)o1)CC[C@@H](O)C1=C(COc2ccccc2)C[C@H]2C(=O)N(c3cccc([N+](=O)[O-])c3)C(=O)[C@H]2[C@H]1CO. The van der Waals surface area contributed by atoms with Crippen LogP contribution in [0, 0.1) is 27.9 Å². The van der Waals surface area contributed by atoms with E-state index >= 15 is 0 Å². The predicted octanol–water partition coefficient (Wildman–Crippen LogP) is 4.42. The molecule has 4 atom stereocenters. The van der Waals surface area contributed by atoms with E-state index in [0.717, 1.165) is 10.5 Å². The van der Waals surface area contributed by atoms with Gasteiger partial charge in [0.05, 0.1) is 35.2 Å². The van der Waals surface area contributed by atoms with Gasteiger partial charge in [-0.3, -0.25) is 19.7 Å².